The summed E-state index contributed by atoms with van der Waals surface area (Å²) >= 11 is 6.34. The summed E-state index contributed by atoms with van der Waals surface area (Å²) in [6.45, 7) is 0.218. The largest absolute Gasteiger partial charge is 0.454 e. The maximum Gasteiger partial charge on any atom is 0.269 e. The van der Waals surface area contributed by atoms with Crippen LogP contribution in [-0.4, -0.2) is 35.2 Å². The summed E-state index contributed by atoms with van der Waals surface area (Å²) in [7, 11) is 0. The number of nitrogens with one attached hydrogen (secondary N) is 1. The molecule has 2 amide bonds. The van der Waals surface area contributed by atoms with Gasteiger partial charge in [0.2, 0.25) is 13.6 Å². The first-order valence-electron chi connectivity index (χ1n) is 11.8. The molecule has 1 aromatic heterocycles. The van der Waals surface area contributed by atoms with E-state index in [4.69, 9.17) is 36.3 Å². The SMILES string of the molecule is NC(=O)c1nn(-c2ccc3c(c2)OCO3)c2c1CCc1ccc(NC(=O)c3cc4c(cc3Cl)OCO4)cc1-2. The zero-order valence-electron chi connectivity index (χ0n) is 19.7. The van der Waals surface area contributed by atoms with Crippen molar-refractivity contribution in [3.05, 3.63) is 75.9 Å². The number of halogens is 1. The first-order valence-corrected chi connectivity index (χ1v) is 12.2. The van der Waals surface area contributed by atoms with Crippen LogP contribution >= 0.6 is 11.6 Å². The lowest BCUT2D eigenvalue weighted by Crippen LogP contribution is -2.16. The molecule has 0 bridgehead atoms. The number of ether oxygens (including phenoxy) is 4. The second kappa shape index (κ2) is 8.42. The molecule has 190 valence electrons. The summed E-state index contributed by atoms with van der Waals surface area (Å²) in [5.41, 5.74) is 10.8. The quantitative estimate of drug-likeness (QED) is 0.406. The molecule has 1 aliphatic carbocycles. The van der Waals surface area contributed by atoms with E-state index in [1.807, 2.05) is 30.3 Å². The van der Waals surface area contributed by atoms with Crippen molar-refractivity contribution >= 4 is 29.1 Å². The molecule has 0 fully saturated rings. The van der Waals surface area contributed by atoms with E-state index in [1.54, 1.807) is 22.9 Å². The Labute approximate surface area is 220 Å². The first kappa shape index (κ1) is 22.5. The molecule has 0 atom stereocenters. The maximum atomic E-state index is 13.1. The van der Waals surface area contributed by atoms with E-state index in [2.05, 4.69) is 10.4 Å². The van der Waals surface area contributed by atoms with Crippen molar-refractivity contribution in [2.75, 3.05) is 18.9 Å². The third kappa shape index (κ3) is 3.52. The molecule has 3 heterocycles. The third-order valence-corrected chi connectivity index (χ3v) is 7.10. The Morgan fingerprint density at radius 1 is 0.895 bits per heavy atom. The van der Waals surface area contributed by atoms with Crippen LogP contribution in [0.3, 0.4) is 0 Å². The molecule has 3 aromatic carbocycles. The molecule has 0 spiro atoms. The van der Waals surface area contributed by atoms with E-state index < -0.39 is 11.8 Å². The van der Waals surface area contributed by atoms with Crippen molar-refractivity contribution in [1.82, 2.24) is 9.78 Å². The number of hydrogen-bond donors (Lipinski definition) is 2. The van der Waals surface area contributed by atoms with E-state index in [1.165, 1.54) is 0 Å². The molecule has 0 radical (unpaired) electrons. The molecule has 4 aromatic rings. The van der Waals surface area contributed by atoms with Crippen LogP contribution in [0.5, 0.6) is 23.0 Å². The Balaban J connectivity index is 1.30. The maximum absolute atomic E-state index is 13.1. The van der Waals surface area contributed by atoms with E-state index in [-0.39, 0.29) is 29.9 Å². The van der Waals surface area contributed by atoms with Gasteiger partial charge in [-0.05, 0) is 48.7 Å². The number of nitrogens with two attached hydrogens (primary N) is 1. The number of anilines is 1. The highest BCUT2D eigenvalue weighted by molar-refractivity contribution is 6.34. The van der Waals surface area contributed by atoms with Gasteiger partial charge in [0.05, 0.1) is 22.0 Å². The fraction of sp³-hybridized carbons (Fsp3) is 0.148. The van der Waals surface area contributed by atoms with Gasteiger partial charge in [-0.25, -0.2) is 4.68 Å². The van der Waals surface area contributed by atoms with E-state index in [0.717, 1.165) is 22.4 Å². The highest BCUT2D eigenvalue weighted by Crippen LogP contribution is 2.41. The highest BCUT2D eigenvalue weighted by atomic mass is 35.5. The molecule has 7 rings (SSSR count). The lowest BCUT2D eigenvalue weighted by Gasteiger charge is -2.20. The van der Waals surface area contributed by atoms with Crippen LogP contribution in [0.1, 0.15) is 32.0 Å². The van der Waals surface area contributed by atoms with Crippen molar-refractivity contribution in [1.29, 1.82) is 0 Å². The fourth-order valence-corrected chi connectivity index (χ4v) is 5.25. The topological polar surface area (TPSA) is 127 Å². The van der Waals surface area contributed by atoms with Gasteiger partial charge in [0.15, 0.2) is 28.7 Å². The van der Waals surface area contributed by atoms with E-state index in [0.29, 0.717) is 47.2 Å². The summed E-state index contributed by atoms with van der Waals surface area (Å²) in [6.07, 6.45) is 1.29. The Morgan fingerprint density at radius 3 is 2.42 bits per heavy atom. The van der Waals surface area contributed by atoms with Crippen molar-refractivity contribution in [2.24, 2.45) is 5.73 Å². The van der Waals surface area contributed by atoms with E-state index >= 15 is 0 Å². The average molecular weight is 531 g/mol. The number of carbonyl (C=O) groups excluding carboxylic acids is 2. The summed E-state index contributed by atoms with van der Waals surface area (Å²) in [5, 5.41) is 7.75. The monoisotopic (exact) mass is 530 g/mol. The molecule has 0 saturated heterocycles. The van der Waals surface area contributed by atoms with Gasteiger partial charge in [0.1, 0.15) is 0 Å². The average Bonchev–Trinajstić information content (AvgIpc) is 3.65. The Bertz CT molecular complexity index is 1680. The standard InChI is InChI=1S/C27H19ClN4O6/c28-19-10-23-22(37-12-38-23)9-18(19)27(34)30-14-3-1-13-2-5-16-24(26(29)33)31-32(25(16)17(13)7-14)15-4-6-20-21(8-15)36-11-35-20/h1,3-4,6-10H,2,5,11-12H2,(H2,29,33)(H,30,34). The van der Waals surface area contributed by atoms with Crippen LogP contribution < -0.4 is 30.0 Å². The number of amides is 2. The molecule has 38 heavy (non-hydrogen) atoms. The highest BCUT2D eigenvalue weighted by Gasteiger charge is 2.29. The Kier molecular flexibility index (Phi) is 4.98. The summed E-state index contributed by atoms with van der Waals surface area (Å²) in [6, 6.07) is 14.2. The fourth-order valence-electron chi connectivity index (χ4n) is 5.01. The van der Waals surface area contributed by atoms with Gasteiger partial charge in [-0.15, -0.1) is 0 Å². The minimum Gasteiger partial charge on any atom is -0.454 e. The van der Waals surface area contributed by atoms with Crippen LogP contribution in [0.4, 0.5) is 5.69 Å². The smallest absolute Gasteiger partial charge is 0.269 e. The van der Waals surface area contributed by atoms with Gasteiger partial charge in [0, 0.05) is 28.9 Å². The molecule has 2 aliphatic heterocycles. The lowest BCUT2D eigenvalue weighted by atomic mass is 9.88. The second-order valence-corrected chi connectivity index (χ2v) is 9.41. The van der Waals surface area contributed by atoms with Crippen molar-refractivity contribution in [2.45, 2.75) is 12.8 Å². The molecular formula is C27H19ClN4O6. The van der Waals surface area contributed by atoms with Crippen molar-refractivity contribution in [3.8, 4) is 39.9 Å². The van der Waals surface area contributed by atoms with Crippen LogP contribution in [-0.2, 0) is 12.8 Å². The first-order chi connectivity index (χ1) is 18.5. The third-order valence-electron chi connectivity index (χ3n) is 6.79. The van der Waals surface area contributed by atoms with Gasteiger partial charge in [-0.1, -0.05) is 17.7 Å². The molecule has 11 heteroatoms. The van der Waals surface area contributed by atoms with Crippen LogP contribution in [0.2, 0.25) is 5.02 Å². The number of carbonyl (C=O) groups is 2. The number of aryl methyl sites for hydroxylation is 1. The van der Waals surface area contributed by atoms with Gasteiger partial charge in [-0.3, -0.25) is 9.59 Å². The number of fused-ring (bicyclic) bond motifs is 5. The Morgan fingerprint density at radius 2 is 1.63 bits per heavy atom. The van der Waals surface area contributed by atoms with Gasteiger partial charge < -0.3 is 30.0 Å². The molecule has 0 saturated carbocycles. The van der Waals surface area contributed by atoms with Crippen LogP contribution in [0, 0.1) is 0 Å². The number of hydrogen-bond acceptors (Lipinski definition) is 7. The van der Waals surface area contributed by atoms with Gasteiger partial charge in [-0.2, -0.15) is 5.10 Å². The molecule has 3 aliphatic rings. The minimum atomic E-state index is -0.605. The molecule has 10 nitrogen and oxygen atoms in total. The van der Waals surface area contributed by atoms with E-state index in [9.17, 15) is 9.59 Å². The number of primary amides is 1. The zero-order valence-corrected chi connectivity index (χ0v) is 20.5. The number of aromatic nitrogens is 2. The number of nitrogens with zero attached hydrogens (tertiary/aromatic N) is 2. The number of benzene rings is 3. The number of rotatable bonds is 4. The summed E-state index contributed by atoms with van der Waals surface area (Å²) in [4.78, 5) is 25.5. The van der Waals surface area contributed by atoms with Crippen molar-refractivity contribution < 1.29 is 28.5 Å². The van der Waals surface area contributed by atoms with Crippen LogP contribution in [0.15, 0.2) is 48.5 Å². The van der Waals surface area contributed by atoms with Crippen LogP contribution in [0.25, 0.3) is 16.9 Å². The second-order valence-electron chi connectivity index (χ2n) is 9.00. The van der Waals surface area contributed by atoms with Crippen molar-refractivity contribution in [3.63, 3.8) is 0 Å². The summed E-state index contributed by atoms with van der Waals surface area (Å²) in [5.74, 6) is 1.18. The molecule has 3 N–H and O–H groups in total. The minimum absolute atomic E-state index is 0.0776. The summed E-state index contributed by atoms with van der Waals surface area (Å²) < 4.78 is 23.4. The lowest BCUT2D eigenvalue weighted by molar-refractivity contribution is 0.0992. The normalized spacial score (nSPS) is 14.1. The Hall–Kier alpha value is -4.70. The van der Waals surface area contributed by atoms with Gasteiger partial charge >= 0.3 is 0 Å². The predicted octanol–water partition coefficient (Wildman–Crippen LogP) is 4.10. The molecular weight excluding hydrogens is 512 g/mol. The predicted molar refractivity (Wildman–Crippen MR) is 137 cm³/mol. The van der Waals surface area contributed by atoms with Gasteiger partial charge in [0.25, 0.3) is 11.8 Å². The zero-order chi connectivity index (χ0) is 26.0. The molecule has 0 unspecified atom stereocenters.